The van der Waals surface area contributed by atoms with Gasteiger partial charge in [0.05, 0.1) is 6.54 Å². The number of nitrogens with one attached hydrogen (secondary N) is 1. The summed E-state index contributed by atoms with van der Waals surface area (Å²) in [6.45, 7) is 2.03. The molecule has 21 heteroatoms. The molecule has 2 aromatic rings. The zero-order valence-corrected chi connectivity index (χ0v) is 22.0. The Labute approximate surface area is 229 Å². The molecule has 15 nitrogen and oxygen atoms in total. The van der Waals surface area contributed by atoms with Crippen molar-refractivity contribution in [1.82, 2.24) is 39.8 Å². The zero-order chi connectivity index (χ0) is 28.4. The number of nitrogens with two attached hydrogens (primary N) is 1. The molecule has 210 valence electrons. The van der Waals surface area contributed by atoms with Crippen molar-refractivity contribution in [2.45, 2.75) is 29.3 Å². The van der Waals surface area contributed by atoms with Crippen LogP contribution in [0, 0.1) is 5.41 Å². The van der Waals surface area contributed by atoms with Gasteiger partial charge in [-0.2, -0.15) is 22.5 Å². The minimum atomic E-state index is -4.71. The Morgan fingerprint density at radius 1 is 1.44 bits per heavy atom. The number of fused-ring (bicyclic) bond motifs is 1. The lowest BCUT2D eigenvalue weighted by Crippen LogP contribution is -2.74. The molecule has 2 aliphatic heterocycles. The SMILES string of the molecule is C=CCn1nnnc1SCC1(C(=O)O)CS[C@@H]2C(NC(=O)C(=NOCC(F)(F)F)c3nsc(N)n3)C(=O)N2C1. The number of nitrogens with zero attached hydrogens (tertiary/aromatic N) is 8. The summed E-state index contributed by atoms with van der Waals surface area (Å²) >= 11 is 2.94. The maximum Gasteiger partial charge on any atom is 0.425 e. The fourth-order valence-electron chi connectivity index (χ4n) is 3.54. The van der Waals surface area contributed by atoms with Crippen molar-refractivity contribution in [2.24, 2.45) is 10.6 Å². The highest BCUT2D eigenvalue weighted by Crippen LogP contribution is 2.44. The molecule has 4 heterocycles. The standard InChI is InChI=1S/C18H19F3N10O5S3/c1-2-3-31-16(25-28-29-31)38-7-17(14(34)35)4-30-12(33)9(13(30)37-6-17)23-11(32)8(10-24-15(22)39-27-10)26-36-5-18(19,20)21/h2,9,13H,1,3-7H2,(H,23,32)(H,34,35)(H2,22,24,27)/t9?,13-,17?/m1/s1. The number of amides is 2. The van der Waals surface area contributed by atoms with Gasteiger partial charge in [0.25, 0.3) is 5.91 Å². The van der Waals surface area contributed by atoms with E-state index in [9.17, 15) is 32.7 Å². The van der Waals surface area contributed by atoms with Crippen LogP contribution in [0.3, 0.4) is 0 Å². The maximum absolute atomic E-state index is 12.9. The molecule has 4 N–H and O–H groups in total. The molecule has 0 bridgehead atoms. The largest absolute Gasteiger partial charge is 0.481 e. The monoisotopic (exact) mass is 608 g/mol. The van der Waals surface area contributed by atoms with Gasteiger partial charge in [-0.05, 0) is 10.4 Å². The molecule has 4 rings (SSSR count). The van der Waals surface area contributed by atoms with E-state index in [1.807, 2.05) is 0 Å². The normalized spacial score (nSPS) is 23.1. The van der Waals surface area contributed by atoms with E-state index in [1.54, 1.807) is 6.08 Å². The Morgan fingerprint density at radius 3 is 2.85 bits per heavy atom. The lowest BCUT2D eigenvalue weighted by molar-refractivity contribution is -0.174. The molecule has 3 atom stereocenters. The number of rotatable bonds is 11. The fraction of sp³-hybridized carbons (Fsp3) is 0.500. The number of thioether (sulfide) groups is 2. The lowest BCUT2D eigenvalue weighted by atomic mass is 9.89. The number of carboxylic acid groups (broad SMARTS) is 1. The van der Waals surface area contributed by atoms with Gasteiger partial charge in [0.1, 0.15) is 16.8 Å². The molecule has 39 heavy (non-hydrogen) atoms. The molecule has 2 aliphatic rings. The molecular weight excluding hydrogens is 589 g/mol. The number of alkyl halides is 3. The molecule has 0 radical (unpaired) electrons. The molecule has 0 aromatic carbocycles. The number of carbonyl (C=O) groups excluding carboxylic acids is 2. The number of oxime groups is 1. The topological polar surface area (TPSA) is 204 Å². The van der Waals surface area contributed by atoms with Crippen molar-refractivity contribution in [3.63, 3.8) is 0 Å². The first-order chi connectivity index (χ1) is 18.4. The molecule has 0 saturated carbocycles. The number of β-lactam (4-membered cyclic amide) rings is 1. The highest BCUT2D eigenvalue weighted by Gasteiger charge is 2.57. The van der Waals surface area contributed by atoms with Crippen LogP contribution in [0.1, 0.15) is 5.82 Å². The van der Waals surface area contributed by atoms with Crippen LogP contribution < -0.4 is 11.1 Å². The number of aromatic nitrogens is 6. The average molecular weight is 609 g/mol. The van der Waals surface area contributed by atoms with Crippen LogP contribution in [-0.4, -0.2) is 105 Å². The smallest absolute Gasteiger partial charge is 0.425 e. The van der Waals surface area contributed by atoms with Crippen LogP contribution in [0.25, 0.3) is 0 Å². The minimum absolute atomic E-state index is 0.0602. The van der Waals surface area contributed by atoms with E-state index in [0.29, 0.717) is 23.2 Å². The number of anilines is 1. The number of halogens is 3. The third-order valence-corrected chi connectivity index (χ3v) is 8.79. The molecule has 2 aromatic heterocycles. The fourth-order valence-corrected chi connectivity index (χ4v) is 6.72. The highest BCUT2D eigenvalue weighted by molar-refractivity contribution is 8.00. The summed E-state index contributed by atoms with van der Waals surface area (Å²) in [6.07, 6.45) is -3.13. The zero-order valence-electron chi connectivity index (χ0n) is 19.6. The number of nitrogen functional groups attached to an aromatic ring is 1. The second kappa shape index (κ2) is 11.3. The number of hydrogen-bond acceptors (Lipinski definition) is 14. The average Bonchev–Trinajstić information content (AvgIpc) is 3.51. The van der Waals surface area contributed by atoms with Crippen molar-refractivity contribution < 1.29 is 37.5 Å². The second-order valence-corrected chi connectivity index (χ2v) is 11.0. The van der Waals surface area contributed by atoms with E-state index in [2.05, 4.69) is 46.8 Å². The first-order valence-corrected chi connectivity index (χ1v) is 13.6. The van der Waals surface area contributed by atoms with Gasteiger partial charge in [0.2, 0.25) is 29.2 Å². The molecule has 2 unspecified atom stereocenters. The van der Waals surface area contributed by atoms with Gasteiger partial charge in [0, 0.05) is 29.6 Å². The van der Waals surface area contributed by atoms with Crippen LogP contribution in [0.5, 0.6) is 0 Å². The third kappa shape index (κ3) is 6.24. The van der Waals surface area contributed by atoms with Gasteiger partial charge in [-0.3, -0.25) is 14.4 Å². The second-order valence-electron chi connectivity index (χ2n) is 8.21. The van der Waals surface area contributed by atoms with Crippen LogP contribution >= 0.6 is 35.1 Å². The summed E-state index contributed by atoms with van der Waals surface area (Å²) in [5.74, 6) is -2.98. The van der Waals surface area contributed by atoms with E-state index in [4.69, 9.17) is 5.73 Å². The Hall–Kier alpha value is -3.46. The molecule has 2 saturated heterocycles. The van der Waals surface area contributed by atoms with E-state index in [1.165, 1.54) is 9.58 Å². The summed E-state index contributed by atoms with van der Waals surface area (Å²) in [5.41, 5.74) is 3.47. The van der Waals surface area contributed by atoms with E-state index in [0.717, 1.165) is 23.5 Å². The summed E-state index contributed by atoms with van der Waals surface area (Å²) < 4.78 is 42.7. The summed E-state index contributed by atoms with van der Waals surface area (Å²) in [4.78, 5) is 47.3. The van der Waals surface area contributed by atoms with Crippen molar-refractivity contribution in [2.75, 3.05) is 30.4 Å². The number of tetrazole rings is 1. The van der Waals surface area contributed by atoms with Gasteiger partial charge < -0.3 is 25.9 Å². The summed E-state index contributed by atoms with van der Waals surface area (Å²) in [7, 11) is 0. The number of allylic oxidation sites excluding steroid dienone is 1. The minimum Gasteiger partial charge on any atom is -0.481 e. The summed E-state index contributed by atoms with van der Waals surface area (Å²) in [6, 6.07) is -1.09. The molecular formula is C18H19F3N10O5S3. The predicted octanol–water partition coefficient (Wildman–Crippen LogP) is -0.161. The van der Waals surface area contributed by atoms with Crippen molar-refractivity contribution in [3.8, 4) is 0 Å². The molecule has 2 amide bonds. The van der Waals surface area contributed by atoms with Crippen LogP contribution in [0.15, 0.2) is 23.0 Å². The third-order valence-electron chi connectivity index (χ3n) is 5.42. The quantitative estimate of drug-likeness (QED) is 0.0999. The Bertz CT molecular complexity index is 1300. The Morgan fingerprint density at radius 2 is 2.21 bits per heavy atom. The first-order valence-electron chi connectivity index (χ1n) is 10.8. The number of aliphatic carboxylic acids is 1. The van der Waals surface area contributed by atoms with Crippen LogP contribution in [-0.2, 0) is 25.8 Å². The van der Waals surface area contributed by atoms with Crippen molar-refractivity contribution in [3.05, 3.63) is 18.5 Å². The Kier molecular flexibility index (Phi) is 8.30. The first kappa shape index (κ1) is 28.5. The highest BCUT2D eigenvalue weighted by atomic mass is 32.2. The van der Waals surface area contributed by atoms with Gasteiger partial charge in [0.15, 0.2) is 5.13 Å². The number of carbonyl (C=O) groups is 3. The van der Waals surface area contributed by atoms with Gasteiger partial charge >= 0.3 is 12.1 Å². The van der Waals surface area contributed by atoms with Gasteiger partial charge in [-0.25, -0.2) is 4.68 Å². The van der Waals surface area contributed by atoms with E-state index >= 15 is 0 Å². The van der Waals surface area contributed by atoms with E-state index < -0.39 is 53.1 Å². The molecule has 0 spiro atoms. The predicted molar refractivity (Wildman–Crippen MR) is 132 cm³/mol. The van der Waals surface area contributed by atoms with Gasteiger partial charge in [-0.1, -0.05) is 23.0 Å². The van der Waals surface area contributed by atoms with Crippen molar-refractivity contribution in [1.29, 1.82) is 0 Å². The lowest BCUT2D eigenvalue weighted by Gasteiger charge is -2.53. The number of carboxylic acids is 1. The Balaban J connectivity index is 1.43. The number of hydrogen-bond donors (Lipinski definition) is 3. The van der Waals surface area contributed by atoms with Crippen molar-refractivity contribution >= 4 is 63.7 Å². The summed E-state index contributed by atoms with van der Waals surface area (Å²) in [5, 5.41) is 26.6. The van der Waals surface area contributed by atoms with Crippen LogP contribution in [0.4, 0.5) is 18.3 Å². The molecule has 2 fully saturated rings. The van der Waals surface area contributed by atoms with Crippen LogP contribution in [0.2, 0.25) is 0 Å². The van der Waals surface area contributed by atoms with Gasteiger partial charge in [-0.15, -0.1) is 23.4 Å². The molecule has 0 aliphatic carbocycles. The van der Waals surface area contributed by atoms with E-state index in [-0.39, 0.29) is 29.0 Å². The maximum atomic E-state index is 12.9.